The van der Waals surface area contributed by atoms with Gasteiger partial charge in [0.1, 0.15) is 18.3 Å². The second kappa shape index (κ2) is 12.4. The van der Waals surface area contributed by atoms with E-state index in [9.17, 15) is 18.0 Å². The smallest absolute Gasteiger partial charge is 0.264 e. The molecule has 0 heterocycles. The summed E-state index contributed by atoms with van der Waals surface area (Å²) in [6, 6.07) is 21.3. The average molecular weight is 524 g/mol. The molecule has 1 unspecified atom stereocenters. The standard InChI is InChI=1S/C28H33N3O5S/c1-5-36-25-14-16-26(17-15-25)37(34,35)31(24-12-7-6-8-13-24)20-27(32)30(22(3)28(33)29-4)19-23-11-9-10-21(2)18-23/h6-18,22H,5,19-20H2,1-4H3,(H,29,33). The van der Waals surface area contributed by atoms with Crippen LogP contribution in [0.2, 0.25) is 0 Å². The van der Waals surface area contributed by atoms with Gasteiger partial charge >= 0.3 is 0 Å². The number of aryl methyl sites for hydroxylation is 1. The molecule has 3 aromatic rings. The van der Waals surface area contributed by atoms with E-state index in [1.165, 1.54) is 24.1 Å². The van der Waals surface area contributed by atoms with Crippen molar-refractivity contribution >= 4 is 27.5 Å². The minimum atomic E-state index is -4.12. The van der Waals surface area contributed by atoms with Crippen LogP contribution in [0.3, 0.4) is 0 Å². The first-order valence-electron chi connectivity index (χ1n) is 12.0. The van der Waals surface area contributed by atoms with Crippen LogP contribution in [0.5, 0.6) is 5.75 Å². The van der Waals surface area contributed by atoms with Crippen molar-refractivity contribution in [1.82, 2.24) is 10.2 Å². The number of benzene rings is 3. The lowest BCUT2D eigenvalue weighted by Gasteiger charge is -2.31. The van der Waals surface area contributed by atoms with Crippen molar-refractivity contribution < 1.29 is 22.7 Å². The average Bonchev–Trinajstić information content (AvgIpc) is 2.90. The van der Waals surface area contributed by atoms with Crippen molar-refractivity contribution in [3.05, 3.63) is 90.0 Å². The maximum atomic E-state index is 13.8. The van der Waals surface area contributed by atoms with Gasteiger partial charge in [-0.15, -0.1) is 0 Å². The van der Waals surface area contributed by atoms with Gasteiger partial charge in [0.2, 0.25) is 11.8 Å². The van der Waals surface area contributed by atoms with Crippen molar-refractivity contribution in [3.8, 4) is 5.75 Å². The summed E-state index contributed by atoms with van der Waals surface area (Å²) in [6.07, 6.45) is 0. The van der Waals surface area contributed by atoms with Crippen molar-refractivity contribution in [2.24, 2.45) is 0 Å². The summed E-state index contributed by atoms with van der Waals surface area (Å²) < 4.78 is 34.0. The van der Waals surface area contributed by atoms with Gasteiger partial charge in [0.05, 0.1) is 17.2 Å². The summed E-state index contributed by atoms with van der Waals surface area (Å²) in [5.74, 6) is -0.301. The first-order valence-corrected chi connectivity index (χ1v) is 13.5. The van der Waals surface area contributed by atoms with Crippen LogP contribution in [0.25, 0.3) is 0 Å². The fraction of sp³-hybridized carbons (Fsp3) is 0.286. The van der Waals surface area contributed by atoms with Gasteiger partial charge in [0.25, 0.3) is 10.0 Å². The molecule has 9 heteroatoms. The third-order valence-corrected chi connectivity index (χ3v) is 7.68. The molecule has 0 spiro atoms. The Kier molecular flexibility index (Phi) is 9.30. The highest BCUT2D eigenvalue weighted by molar-refractivity contribution is 7.92. The van der Waals surface area contributed by atoms with E-state index < -0.39 is 28.5 Å². The second-order valence-electron chi connectivity index (χ2n) is 8.55. The van der Waals surface area contributed by atoms with Crippen LogP contribution in [0.15, 0.2) is 83.8 Å². The van der Waals surface area contributed by atoms with Crippen molar-refractivity contribution in [2.75, 3.05) is 24.5 Å². The van der Waals surface area contributed by atoms with E-state index in [0.29, 0.717) is 18.0 Å². The Morgan fingerprint density at radius 1 is 0.973 bits per heavy atom. The first kappa shape index (κ1) is 27.7. The normalized spacial score (nSPS) is 11.9. The molecule has 0 saturated carbocycles. The van der Waals surface area contributed by atoms with E-state index in [0.717, 1.165) is 15.4 Å². The zero-order valence-electron chi connectivity index (χ0n) is 21.5. The van der Waals surface area contributed by atoms with Gasteiger partial charge in [-0.1, -0.05) is 48.0 Å². The lowest BCUT2D eigenvalue weighted by atomic mass is 10.1. The molecule has 0 bridgehead atoms. The Labute approximate surface area is 218 Å². The van der Waals surface area contributed by atoms with Crippen molar-refractivity contribution in [1.29, 1.82) is 0 Å². The Morgan fingerprint density at radius 2 is 1.65 bits per heavy atom. The van der Waals surface area contributed by atoms with Crippen LogP contribution in [-0.4, -0.2) is 51.4 Å². The maximum absolute atomic E-state index is 13.8. The number of hydrogen-bond acceptors (Lipinski definition) is 5. The number of likely N-dealkylation sites (N-methyl/N-ethyl adjacent to an activating group) is 1. The number of hydrogen-bond donors (Lipinski definition) is 1. The fourth-order valence-corrected chi connectivity index (χ4v) is 5.34. The Morgan fingerprint density at radius 3 is 2.24 bits per heavy atom. The number of anilines is 1. The van der Waals surface area contributed by atoms with Crippen LogP contribution in [-0.2, 0) is 26.2 Å². The monoisotopic (exact) mass is 523 g/mol. The van der Waals surface area contributed by atoms with Crippen molar-refractivity contribution in [3.63, 3.8) is 0 Å². The van der Waals surface area contributed by atoms with Gasteiger partial charge in [-0.25, -0.2) is 8.42 Å². The number of rotatable bonds is 11. The predicted molar refractivity (Wildman–Crippen MR) is 144 cm³/mol. The number of carbonyl (C=O) groups is 2. The van der Waals surface area contributed by atoms with Gasteiger partial charge in [-0.05, 0) is 62.7 Å². The van der Waals surface area contributed by atoms with Gasteiger partial charge < -0.3 is 15.0 Å². The summed E-state index contributed by atoms with van der Waals surface area (Å²) in [5, 5.41) is 2.58. The third-order valence-electron chi connectivity index (χ3n) is 5.89. The third kappa shape index (κ3) is 6.89. The van der Waals surface area contributed by atoms with Gasteiger partial charge in [0.15, 0.2) is 0 Å². The summed E-state index contributed by atoms with van der Waals surface area (Å²) in [5.41, 5.74) is 2.19. The fourth-order valence-electron chi connectivity index (χ4n) is 3.92. The molecule has 0 fully saturated rings. The Hall–Kier alpha value is -3.85. The molecule has 0 aliphatic heterocycles. The number of ether oxygens (including phenoxy) is 1. The Bertz CT molecular complexity index is 1310. The molecule has 1 atom stereocenters. The molecule has 3 rings (SSSR count). The van der Waals surface area contributed by atoms with Gasteiger partial charge in [-0.3, -0.25) is 13.9 Å². The van der Waals surface area contributed by atoms with Crippen LogP contribution in [0.1, 0.15) is 25.0 Å². The van der Waals surface area contributed by atoms with Crippen molar-refractivity contribution in [2.45, 2.75) is 38.3 Å². The molecule has 0 aliphatic rings. The number of sulfonamides is 1. The summed E-state index contributed by atoms with van der Waals surface area (Å²) in [6.45, 7) is 5.54. The molecule has 3 aromatic carbocycles. The number of nitrogens with zero attached hydrogens (tertiary/aromatic N) is 2. The van der Waals surface area contributed by atoms with Crippen LogP contribution < -0.4 is 14.4 Å². The zero-order chi connectivity index (χ0) is 27.0. The SMILES string of the molecule is CCOc1ccc(S(=O)(=O)N(CC(=O)N(Cc2cccc(C)c2)C(C)C(=O)NC)c2ccccc2)cc1. The number of nitrogens with one attached hydrogen (secondary N) is 1. The molecular formula is C28H33N3O5S. The minimum absolute atomic E-state index is 0.0252. The molecule has 196 valence electrons. The first-order chi connectivity index (χ1) is 17.7. The predicted octanol–water partition coefficient (Wildman–Crippen LogP) is 3.75. The number of amides is 2. The van der Waals surface area contributed by atoms with E-state index in [1.54, 1.807) is 49.4 Å². The van der Waals surface area contributed by atoms with E-state index >= 15 is 0 Å². The molecule has 2 amide bonds. The topological polar surface area (TPSA) is 96.0 Å². The highest BCUT2D eigenvalue weighted by Gasteiger charge is 2.32. The minimum Gasteiger partial charge on any atom is -0.494 e. The second-order valence-corrected chi connectivity index (χ2v) is 10.4. The number of carbonyl (C=O) groups excluding carboxylic acids is 2. The summed E-state index contributed by atoms with van der Waals surface area (Å²) >= 11 is 0. The van der Waals surface area contributed by atoms with Crippen LogP contribution in [0.4, 0.5) is 5.69 Å². The van der Waals surface area contributed by atoms with Crippen LogP contribution in [0, 0.1) is 6.92 Å². The number of para-hydroxylation sites is 1. The summed E-state index contributed by atoms with van der Waals surface area (Å²) in [4.78, 5) is 27.7. The quantitative estimate of drug-likeness (QED) is 0.413. The molecule has 0 saturated heterocycles. The lowest BCUT2D eigenvalue weighted by Crippen LogP contribution is -2.50. The lowest BCUT2D eigenvalue weighted by molar-refractivity contribution is -0.139. The summed E-state index contributed by atoms with van der Waals surface area (Å²) in [7, 11) is -2.61. The highest BCUT2D eigenvalue weighted by Crippen LogP contribution is 2.26. The molecule has 8 nitrogen and oxygen atoms in total. The largest absolute Gasteiger partial charge is 0.494 e. The molecule has 37 heavy (non-hydrogen) atoms. The maximum Gasteiger partial charge on any atom is 0.264 e. The van der Waals surface area contributed by atoms with E-state index in [1.807, 2.05) is 38.1 Å². The van der Waals surface area contributed by atoms with Gasteiger partial charge in [-0.2, -0.15) is 0 Å². The molecule has 1 N–H and O–H groups in total. The molecule has 0 radical (unpaired) electrons. The molecule has 0 aliphatic carbocycles. The molecule has 0 aromatic heterocycles. The van der Waals surface area contributed by atoms with E-state index in [4.69, 9.17) is 4.74 Å². The Balaban J connectivity index is 1.99. The molecular weight excluding hydrogens is 490 g/mol. The zero-order valence-corrected chi connectivity index (χ0v) is 22.4. The van der Waals surface area contributed by atoms with E-state index in [2.05, 4.69) is 5.32 Å². The highest BCUT2D eigenvalue weighted by atomic mass is 32.2. The van der Waals surface area contributed by atoms with Crippen LogP contribution >= 0.6 is 0 Å². The van der Waals surface area contributed by atoms with E-state index in [-0.39, 0.29) is 17.3 Å². The van der Waals surface area contributed by atoms with Gasteiger partial charge in [0, 0.05) is 13.6 Å².